The fourth-order valence-corrected chi connectivity index (χ4v) is 5.11. The summed E-state index contributed by atoms with van der Waals surface area (Å²) in [6, 6.07) is 17.4. The largest absolute Gasteiger partial charge is 0.352 e. The van der Waals surface area contributed by atoms with Crippen LogP contribution in [-0.4, -0.2) is 41.1 Å². The second-order valence-corrected chi connectivity index (χ2v) is 9.82. The molecule has 1 saturated carbocycles. The summed E-state index contributed by atoms with van der Waals surface area (Å²) >= 11 is 7.45. The summed E-state index contributed by atoms with van der Waals surface area (Å²) in [4.78, 5) is 29.3. The van der Waals surface area contributed by atoms with Gasteiger partial charge >= 0.3 is 0 Å². The van der Waals surface area contributed by atoms with Gasteiger partial charge < -0.3 is 10.2 Å². The van der Waals surface area contributed by atoms with Gasteiger partial charge in [-0.05, 0) is 55.5 Å². The monoisotopic (exact) mass is 472 g/mol. The number of nitrogens with one attached hydrogen (secondary N) is 1. The summed E-state index contributed by atoms with van der Waals surface area (Å²) in [6.07, 6.45) is 6.97. The molecule has 2 aromatic carbocycles. The lowest BCUT2D eigenvalue weighted by atomic mass is 9.95. The summed E-state index contributed by atoms with van der Waals surface area (Å²) in [6.45, 7) is 2.51. The van der Waals surface area contributed by atoms with Crippen molar-refractivity contribution in [1.82, 2.24) is 10.2 Å². The van der Waals surface area contributed by atoms with E-state index in [2.05, 4.69) is 17.4 Å². The molecular formula is C26H33ClN2O2S. The van der Waals surface area contributed by atoms with Crippen molar-refractivity contribution >= 4 is 35.2 Å². The van der Waals surface area contributed by atoms with Crippen molar-refractivity contribution in [2.24, 2.45) is 0 Å². The van der Waals surface area contributed by atoms with Gasteiger partial charge in [-0.15, -0.1) is 11.8 Å². The van der Waals surface area contributed by atoms with Crippen LogP contribution >= 0.6 is 23.4 Å². The first kappa shape index (κ1) is 24.7. The lowest BCUT2D eigenvalue weighted by Gasteiger charge is -2.32. The van der Waals surface area contributed by atoms with E-state index in [9.17, 15) is 9.59 Å². The Labute approximate surface area is 201 Å². The van der Waals surface area contributed by atoms with Crippen LogP contribution in [0.25, 0.3) is 0 Å². The predicted molar refractivity (Wildman–Crippen MR) is 133 cm³/mol. The number of carbonyl (C=O) groups is 2. The van der Waals surface area contributed by atoms with E-state index in [0.29, 0.717) is 23.7 Å². The molecule has 1 aliphatic rings. The van der Waals surface area contributed by atoms with Crippen LogP contribution in [0.5, 0.6) is 0 Å². The Morgan fingerprint density at radius 3 is 2.41 bits per heavy atom. The molecule has 2 aromatic rings. The molecule has 6 heteroatoms. The summed E-state index contributed by atoms with van der Waals surface area (Å²) in [5, 5.41) is 3.91. The SMILES string of the molecule is CC[C@H](C(=O)NC1CCCCC1)N(CCc1ccccc1)C(=O)CSc1ccc(Cl)cc1. The smallest absolute Gasteiger partial charge is 0.243 e. The third-order valence-electron chi connectivity index (χ3n) is 6.00. The summed E-state index contributed by atoms with van der Waals surface area (Å²) < 4.78 is 0. The Morgan fingerprint density at radius 2 is 1.75 bits per heavy atom. The van der Waals surface area contributed by atoms with E-state index in [1.165, 1.54) is 18.2 Å². The van der Waals surface area contributed by atoms with Crippen LogP contribution < -0.4 is 5.32 Å². The number of thioether (sulfide) groups is 1. The van der Waals surface area contributed by atoms with Crippen LogP contribution in [0.3, 0.4) is 0 Å². The van der Waals surface area contributed by atoms with Crippen LogP contribution in [0.4, 0.5) is 0 Å². The first-order chi connectivity index (χ1) is 15.6. The topological polar surface area (TPSA) is 49.4 Å². The van der Waals surface area contributed by atoms with E-state index >= 15 is 0 Å². The molecule has 1 aliphatic carbocycles. The third-order valence-corrected chi connectivity index (χ3v) is 7.25. The van der Waals surface area contributed by atoms with E-state index in [4.69, 9.17) is 11.6 Å². The van der Waals surface area contributed by atoms with Gasteiger partial charge in [0.1, 0.15) is 6.04 Å². The van der Waals surface area contributed by atoms with Crippen molar-refractivity contribution in [2.45, 2.75) is 68.8 Å². The maximum absolute atomic E-state index is 13.3. The number of hydrogen-bond acceptors (Lipinski definition) is 3. The Kier molecular flexibility index (Phi) is 9.94. The fraction of sp³-hybridized carbons (Fsp3) is 0.462. The highest BCUT2D eigenvalue weighted by molar-refractivity contribution is 8.00. The summed E-state index contributed by atoms with van der Waals surface area (Å²) in [5.41, 5.74) is 1.16. The van der Waals surface area contributed by atoms with Crippen molar-refractivity contribution < 1.29 is 9.59 Å². The molecule has 0 aliphatic heterocycles. The second-order valence-electron chi connectivity index (χ2n) is 8.33. The number of hydrogen-bond donors (Lipinski definition) is 1. The minimum absolute atomic E-state index is 0.00785. The van der Waals surface area contributed by atoms with Crippen molar-refractivity contribution in [3.8, 4) is 0 Å². The molecule has 1 atom stereocenters. The third kappa shape index (κ3) is 7.56. The molecular weight excluding hydrogens is 440 g/mol. The van der Waals surface area contributed by atoms with Gasteiger partial charge in [-0.1, -0.05) is 68.1 Å². The number of rotatable bonds is 10. The Hall–Kier alpha value is -1.98. The van der Waals surface area contributed by atoms with E-state index < -0.39 is 6.04 Å². The highest BCUT2D eigenvalue weighted by Crippen LogP contribution is 2.22. The van der Waals surface area contributed by atoms with E-state index in [1.807, 2.05) is 49.4 Å². The Balaban J connectivity index is 1.68. The molecule has 0 heterocycles. The molecule has 0 spiro atoms. The van der Waals surface area contributed by atoms with Gasteiger partial charge in [0.05, 0.1) is 5.75 Å². The number of nitrogens with zero attached hydrogens (tertiary/aromatic N) is 1. The molecule has 4 nitrogen and oxygen atoms in total. The predicted octanol–water partition coefficient (Wildman–Crippen LogP) is 5.73. The standard InChI is InChI=1S/C26H33ClN2O2S/c1-2-24(26(31)28-22-11-7-4-8-12-22)29(18-17-20-9-5-3-6-10-20)25(30)19-32-23-15-13-21(27)14-16-23/h3,5-6,9-10,13-16,22,24H,2,4,7-8,11-12,17-19H2,1H3,(H,28,31)/t24-/m1/s1. The molecule has 1 fully saturated rings. The van der Waals surface area contributed by atoms with Crippen LogP contribution in [0, 0.1) is 0 Å². The Morgan fingerprint density at radius 1 is 1.06 bits per heavy atom. The van der Waals surface area contributed by atoms with Gasteiger partial charge in [0.25, 0.3) is 0 Å². The molecule has 0 bridgehead atoms. The highest BCUT2D eigenvalue weighted by atomic mass is 35.5. The quantitative estimate of drug-likeness (QED) is 0.449. The highest BCUT2D eigenvalue weighted by Gasteiger charge is 2.29. The number of amides is 2. The Bertz CT molecular complexity index is 854. The van der Waals surface area contributed by atoms with Crippen molar-refractivity contribution in [3.63, 3.8) is 0 Å². The second kappa shape index (κ2) is 12.9. The van der Waals surface area contributed by atoms with Crippen LogP contribution in [0.2, 0.25) is 5.02 Å². The van der Waals surface area contributed by atoms with Crippen LogP contribution in [0.1, 0.15) is 51.0 Å². The zero-order valence-corrected chi connectivity index (χ0v) is 20.3. The van der Waals surface area contributed by atoms with E-state index in [1.54, 1.807) is 4.90 Å². The maximum atomic E-state index is 13.3. The van der Waals surface area contributed by atoms with Crippen molar-refractivity contribution in [2.75, 3.05) is 12.3 Å². The van der Waals surface area contributed by atoms with E-state index in [0.717, 1.165) is 42.6 Å². The normalized spacial score (nSPS) is 15.2. The zero-order chi connectivity index (χ0) is 22.8. The van der Waals surface area contributed by atoms with Gasteiger partial charge in [-0.25, -0.2) is 0 Å². The van der Waals surface area contributed by atoms with Crippen molar-refractivity contribution in [1.29, 1.82) is 0 Å². The molecule has 0 unspecified atom stereocenters. The van der Waals surface area contributed by atoms with Gasteiger partial charge in [-0.2, -0.15) is 0 Å². The summed E-state index contributed by atoms with van der Waals surface area (Å²) in [7, 11) is 0. The average Bonchev–Trinajstić information content (AvgIpc) is 2.82. The van der Waals surface area contributed by atoms with Crippen molar-refractivity contribution in [3.05, 3.63) is 65.2 Å². The first-order valence-corrected chi connectivity index (χ1v) is 12.9. The van der Waals surface area contributed by atoms with Crippen LogP contribution in [-0.2, 0) is 16.0 Å². The number of carbonyl (C=O) groups excluding carboxylic acids is 2. The molecule has 172 valence electrons. The molecule has 3 rings (SSSR count). The lowest BCUT2D eigenvalue weighted by Crippen LogP contribution is -2.52. The number of halogens is 1. The molecule has 0 saturated heterocycles. The minimum atomic E-state index is -0.445. The lowest BCUT2D eigenvalue weighted by molar-refractivity contribution is -0.139. The minimum Gasteiger partial charge on any atom is -0.352 e. The first-order valence-electron chi connectivity index (χ1n) is 11.6. The fourth-order valence-electron chi connectivity index (χ4n) is 4.20. The van der Waals surface area contributed by atoms with E-state index in [-0.39, 0.29) is 17.9 Å². The van der Waals surface area contributed by atoms with Gasteiger partial charge in [0, 0.05) is 22.5 Å². The van der Waals surface area contributed by atoms with Crippen LogP contribution in [0.15, 0.2) is 59.5 Å². The summed E-state index contributed by atoms with van der Waals surface area (Å²) in [5.74, 6) is 0.271. The molecule has 32 heavy (non-hydrogen) atoms. The molecule has 1 N–H and O–H groups in total. The molecule has 0 aromatic heterocycles. The zero-order valence-electron chi connectivity index (χ0n) is 18.8. The molecule has 2 amide bonds. The van der Waals surface area contributed by atoms with Gasteiger partial charge in [-0.3, -0.25) is 9.59 Å². The maximum Gasteiger partial charge on any atom is 0.243 e. The average molecular weight is 473 g/mol. The van der Waals surface area contributed by atoms with Gasteiger partial charge in [0.15, 0.2) is 0 Å². The molecule has 0 radical (unpaired) electrons. The van der Waals surface area contributed by atoms with Gasteiger partial charge in [0.2, 0.25) is 11.8 Å². The number of benzene rings is 2.